The quantitative estimate of drug-likeness (QED) is 0.367. The molecular formula is C11H16ClN3O. The molecule has 0 amide bonds. The van der Waals surface area contributed by atoms with Crippen LogP contribution in [0.15, 0.2) is 29.4 Å². The van der Waals surface area contributed by atoms with Crippen molar-refractivity contribution >= 4 is 17.4 Å². The van der Waals surface area contributed by atoms with Crippen molar-refractivity contribution < 1.29 is 5.21 Å². The Morgan fingerprint density at radius 3 is 2.88 bits per heavy atom. The molecule has 0 saturated carbocycles. The third-order valence-electron chi connectivity index (χ3n) is 2.53. The number of rotatable bonds is 4. The van der Waals surface area contributed by atoms with Gasteiger partial charge in [-0.25, -0.2) is 0 Å². The van der Waals surface area contributed by atoms with Gasteiger partial charge in [0.15, 0.2) is 5.84 Å². The fourth-order valence-corrected chi connectivity index (χ4v) is 1.64. The van der Waals surface area contributed by atoms with Gasteiger partial charge in [-0.05, 0) is 31.7 Å². The van der Waals surface area contributed by atoms with E-state index in [4.69, 9.17) is 22.5 Å². The Morgan fingerprint density at radius 1 is 1.62 bits per heavy atom. The van der Waals surface area contributed by atoms with E-state index in [2.05, 4.69) is 5.16 Å². The number of likely N-dealkylation sites (N-methyl/N-ethyl adjacent to an activating group) is 1. The summed E-state index contributed by atoms with van der Waals surface area (Å²) in [6, 6.07) is 7.81. The Balaban J connectivity index is 2.74. The number of nitrogens with two attached hydrogens (primary N) is 1. The third kappa shape index (κ3) is 3.40. The van der Waals surface area contributed by atoms with Gasteiger partial charge in [0, 0.05) is 11.1 Å². The van der Waals surface area contributed by atoms with Gasteiger partial charge < -0.3 is 10.9 Å². The molecule has 4 nitrogen and oxygen atoms in total. The number of nitrogens with zero attached hydrogens (tertiary/aromatic N) is 2. The second-order valence-corrected chi connectivity index (χ2v) is 4.17. The molecule has 88 valence electrons. The van der Waals surface area contributed by atoms with Crippen LogP contribution in [-0.2, 0) is 0 Å². The van der Waals surface area contributed by atoms with Crippen LogP contribution in [0.5, 0.6) is 0 Å². The predicted molar refractivity (Wildman–Crippen MR) is 65.9 cm³/mol. The molecule has 3 N–H and O–H groups in total. The summed E-state index contributed by atoms with van der Waals surface area (Å²) >= 11 is 5.92. The SMILES string of the molecule is CC(c1cccc(Cl)c1)N(C)CC(N)=NO. The van der Waals surface area contributed by atoms with Crippen molar-refractivity contribution in [3.05, 3.63) is 34.9 Å². The van der Waals surface area contributed by atoms with Gasteiger partial charge in [0.2, 0.25) is 0 Å². The van der Waals surface area contributed by atoms with Crippen molar-refractivity contribution in [3.63, 3.8) is 0 Å². The monoisotopic (exact) mass is 241 g/mol. The molecule has 0 saturated heterocycles. The molecule has 1 rings (SSSR count). The van der Waals surface area contributed by atoms with Crippen molar-refractivity contribution in [3.8, 4) is 0 Å². The molecule has 1 unspecified atom stereocenters. The molecule has 0 heterocycles. The number of oxime groups is 1. The van der Waals surface area contributed by atoms with Crippen LogP contribution < -0.4 is 5.73 Å². The summed E-state index contributed by atoms with van der Waals surface area (Å²) in [6.45, 7) is 2.44. The fraction of sp³-hybridized carbons (Fsp3) is 0.364. The number of amidine groups is 1. The van der Waals surface area contributed by atoms with Crippen LogP contribution in [0.1, 0.15) is 18.5 Å². The Kier molecular flexibility index (Phi) is 4.58. The largest absolute Gasteiger partial charge is 0.409 e. The average Bonchev–Trinajstić information content (AvgIpc) is 2.27. The van der Waals surface area contributed by atoms with Gasteiger partial charge in [-0.1, -0.05) is 28.9 Å². The molecule has 1 atom stereocenters. The molecule has 1 aromatic carbocycles. The Bertz CT molecular complexity index is 381. The minimum absolute atomic E-state index is 0.152. The first-order valence-corrected chi connectivity index (χ1v) is 5.34. The van der Waals surface area contributed by atoms with Crippen LogP contribution in [0.2, 0.25) is 5.02 Å². The summed E-state index contributed by atoms with van der Waals surface area (Å²) in [5.41, 5.74) is 6.55. The van der Waals surface area contributed by atoms with E-state index in [1.165, 1.54) is 0 Å². The summed E-state index contributed by atoms with van der Waals surface area (Å²) < 4.78 is 0. The van der Waals surface area contributed by atoms with E-state index in [0.717, 1.165) is 5.56 Å². The summed E-state index contributed by atoms with van der Waals surface area (Å²) in [4.78, 5) is 1.97. The number of benzene rings is 1. The van der Waals surface area contributed by atoms with Crippen LogP contribution in [0.4, 0.5) is 0 Å². The van der Waals surface area contributed by atoms with Gasteiger partial charge in [0.1, 0.15) is 0 Å². The van der Waals surface area contributed by atoms with Crippen molar-refractivity contribution in [1.82, 2.24) is 4.90 Å². The van der Waals surface area contributed by atoms with Crippen LogP contribution >= 0.6 is 11.6 Å². The number of halogens is 1. The van der Waals surface area contributed by atoms with E-state index in [1.54, 1.807) is 0 Å². The molecule has 5 heteroatoms. The zero-order valence-corrected chi connectivity index (χ0v) is 10.1. The van der Waals surface area contributed by atoms with E-state index in [0.29, 0.717) is 11.6 Å². The van der Waals surface area contributed by atoms with E-state index in [-0.39, 0.29) is 11.9 Å². The van der Waals surface area contributed by atoms with Gasteiger partial charge in [-0.3, -0.25) is 4.90 Å². The average molecular weight is 242 g/mol. The van der Waals surface area contributed by atoms with Gasteiger partial charge in [0.25, 0.3) is 0 Å². The molecule has 0 aliphatic heterocycles. The first-order valence-electron chi connectivity index (χ1n) is 4.96. The molecule has 16 heavy (non-hydrogen) atoms. The zero-order chi connectivity index (χ0) is 12.1. The molecule has 0 bridgehead atoms. The second kappa shape index (κ2) is 5.72. The molecule has 0 radical (unpaired) electrons. The van der Waals surface area contributed by atoms with Gasteiger partial charge >= 0.3 is 0 Å². The summed E-state index contributed by atoms with van der Waals surface area (Å²) in [5, 5.41) is 12.2. The normalized spacial score (nSPS) is 14.1. The minimum atomic E-state index is 0.152. The van der Waals surface area contributed by atoms with E-state index < -0.39 is 0 Å². The van der Waals surface area contributed by atoms with Crippen molar-refractivity contribution in [2.75, 3.05) is 13.6 Å². The lowest BCUT2D eigenvalue weighted by Gasteiger charge is -2.24. The molecule has 0 fully saturated rings. The molecule has 0 aliphatic rings. The Labute approximate surface area is 100 Å². The highest BCUT2D eigenvalue weighted by Gasteiger charge is 2.12. The highest BCUT2D eigenvalue weighted by molar-refractivity contribution is 6.30. The lowest BCUT2D eigenvalue weighted by molar-refractivity contribution is 0.282. The summed E-state index contributed by atoms with van der Waals surface area (Å²) in [7, 11) is 1.91. The first kappa shape index (κ1) is 12.8. The van der Waals surface area contributed by atoms with Crippen molar-refractivity contribution in [1.29, 1.82) is 0 Å². The maximum atomic E-state index is 8.50. The number of hydrogen-bond donors (Lipinski definition) is 2. The van der Waals surface area contributed by atoms with Crippen LogP contribution in [0.25, 0.3) is 0 Å². The van der Waals surface area contributed by atoms with Crippen LogP contribution in [-0.4, -0.2) is 29.5 Å². The fourth-order valence-electron chi connectivity index (χ4n) is 1.45. The zero-order valence-electron chi connectivity index (χ0n) is 9.39. The second-order valence-electron chi connectivity index (χ2n) is 3.74. The van der Waals surface area contributed by atoms with Crippen LogP contribution in [0.3, 0.4) is 0 Å². The maximum absolute atomic E-state index is 8.50. The topological polar surface area (TPSA) is 61.8 Å². The molecule has 0 aromatic heterocycles. The highest BCUT2D eigenvalue weighted by atomic mass is 35.5. The lowest BCUT2D eigenvalue weighted by Crippen LogP contribution is -2.32. The Morgan fingerprint density at radius 2 is 2.31 bits per heavy atom. The minimum Gasteiger partial charge on any atom is -0.409 e. The molecule has 0 spiro atoms. The smallest absolute Gasteiger partial charge is 0.153 e. The summed E-state index contributed by atoms with van der Waals surface area (Å²) in [5.74, 6) is 0.191. The molecule has 1 aromatic rings. The van der Waals surface area contributed by atoms with Crippen molar-refractivity contribution in [2.45, 2.75) is 13.0 Å². The Hall–Kier alpha value is -1.26. The van der Waals surface area contributed by atoms with Gasteiger partial charge in [-0.2, -0.15) is 0 Å². The van der Waals surface area contributed by atoms with Gasteiger partial charge in [-0.15, -0.1) is 0 Å². The van der Waals surface area contributed by atoms with Crippen molar-refractivity contribution in [2.24, 2.45) is 10.9 Å². The summed E-state index contributed by atoms with van der Waals surface area (Å²) in [6.07, 6.45) is 0. The van der Waals surface area contributed by atoms with E-state index >= 15 is 0 Å². The van der Waals surface area contributed by atoms with Crippen LogP contribution in [0, 0.1) is 0 Å². The highest BCUT2D eigenvalue weighted by Crippen LogP contribution is 2.21. The van der Waals surface area contributed by atoms with E-state index in [1.807, 2.05) is 43.1 Å². The number of hydrogen-bond acceptors (Lipinski definition) is 3. The predicted octanol–water partition coefficient (Wildman–Crippen LogP) is 2.08. The third-order valence-corrected chi connectivity index (χ3v) is 2.77. The lowest BCUT2D eigenvalue weighted by atomic mass is 10.1. The molecule has 0 aliphatic carbocycles. The maximum Gasteiger partial charge on any atom is 0.153 e. The standard InChI is InChI=1S/C11H16ClN3O/c1-8(15(2)7-11(13)14-16)9-4-3-5-10(12)6-9/h3-6,8,16H,7H2,1-2H3,(H2,13,14). The molecular weight excluding hydrogens is 226 g/mol. The van der Waals surface area contributed by atoms with E-state index in [9.17, 15) is 0 Å². The van der Waals surface area contributed by atoms with Gasteiger partial charge in [0.05, 0.1) is 6.54 Å². The first-order chi connectivity index (χ1) is 7.54.